The number of hydrogen-bond acceptors (Lipinski definition) is 6. The van der Waals surface area contributed by atoms with Gasteiger partial charge < -0.3 is 9.72 Å². The Balaban J connectivity index is 2.07. The summed E-state index contributed by atoms with van der Waals surface area (Å²) in [6, 6.07) is 1.26. The number of H-pyrrole nitrogens is 1. The van der Waals surface area contributed by atoms with E-state index in [-0.39, 0.29) is 25.4 Å². The van der Waals surface area contributed by atoms with Gasteiger partial charge in [-0.3, -0.25) is 9.36 Å². The van der Waals surface area contributed by atoms with Crippen LogP contribution in [-0.2, 0) is 17.8 Å². The monoisotopic (exact) mass is 279 g/mol. The highest BCUT2D eigenvalue weighted by molar-refractivity contribution is 5.86. The fourth-order valence-electron chi connectivity index (χ4n) is 1.57. The molecular formula is C11H13N5O4. The molecule has 0 spiro atoms. The van der Waals surface area contributed by atoms with E-state index in [1.165, 1.54) is 23.1 Å². The topological polar surface area (TPSA) is 112 Å². The first-order valence-corrected chi connectivity index (χ1v) is 5.97. The lowest BCUT2D eigenvalue weighted by Gasteiger charge is -2.02. The molecule has 106 valence electrons. The molecule has 2 aromatic rings. The summed E-state index contributed by atoms with van der Waals surface area (Å²) in [5.41, 5.74) is -0.816. The number of nitrogens with one attached hydrogen (secondary N) is 1. The summed E-state index contributed by atoms with van der Waals surface area (Å²) >= 11 is 0. The van der Waals surface area contributed by atoms with E-state index >= 15 is 0 Å². The van der Waals surface area contributed by atoms with E-state index in [1.807, 2.05) is 0 Å². The van der Waals surface area contributed by atoms with Gasteiger partial charge >= 0.3 is 11.7 Å². The predicted molar refractivity (Wildman–Crippen MR) is 67.3 cm³/mol. The van der Waals surface area contributed by atoms with Gasteiger partial charge in [-0.1, -0.05) is 5.21 Å². The Labute approximate surface area is 112 Å². The molecule has 0 unspecified atom stereocenters. The van der Waals surface area contributed by atoms with Crippen molar-refractivity contribution in [2.75, 3.05) is 6.61 Å². The Morgan fingerprint density at radius 2 is 2.20 bits per heavy atom. The lowest BCUT2D eigenvalue weighted by Crippen LogP contribution is -2.35. The molecule has 9 heteroatoms. The van der Waals surface area contributed by atoms with Gasteiger partial charge in [0.05, 0.1) is 25.9 Å². The van der Waals surface area contributed by atoms with Crippen LogP contribution in [0.15, 0.2) is 28.0 Å². The van der Waals surface area contributed by atoms with Crippen LogP contribution in [-0.4, -0.2) is 37.1 Å². The third-order valence-corrected chi connectivity index (χ3v) is 2.52. The summed E-state index contributed by atoms with van der Waals surface area (Å²) in [6.45, 7) is 2.30. The number of rotatable bonds is 5. The van der Waals surface area contributed by atoms with Gasteiger partial charge in [0.2, 0.25) is 0 Å². The van der Waals surface area contributed by atoms with Crippen LogP contribution in [0.4, 0.5) is 0 Å². The summed E-state index contributed by atoms with van der Waals surface area (Å²) in [5, 5.41) is 7.39. The average molecular weight is 279 g/mol. The summed E-state index contributed by atoms with van der Waals surface area (Å²) in [7, 11) is 0. The number of nitrogens with zero attached hydrogens (tertiary/aromatic N) is 4. The maximum Gasteiger partial charge on any atom is 0.360 e. The molecule has 0 aromatic carbocycles. The number of aryl methyl sites for hydroxylation is 1. The van der Waals surface area contributed by atoms with E-state index < -0.39 is 17.2 Å². The van der Waals surface area contributed by atoms with Gasteiger partial charge in [-0.25, -0.2) is 14.3 Å². The van der Waals surface area contributed by atoms with E-state index in [0.717, 1.165) is 4.57 Å². The molecule has 20 heavy (non-hydrogen) atoms. The molecular weight excluding hydrogens is 266 g/mol. The van der Waals surface area contributed by atoms with E-state index in [9.17, 15) is 14.4 Å². The molecule has 9 nitrogen and oxygen atoms in total. The predicted octanol–water partition coefficient (Wildman–Crippen LogP) is -0.995. The van der Waals surface area contributed by atoms with Crippen LogP contribution >= 0.6 is 0 Å². The van der Waals surface area contributed by atoms with Crippen LogP contribution in [0, 0.1) is 0 Å². The maximum atomic E-state index is 11.5. The van der Waals surface area contributed by atoms with Crippen molar-refractivity contribution in [1.29, 1.82) is 0 Å². The molecule has 0 amide bonds. The normalized spacial score (nSPS) is 10.4. The summed E-state index contributed by atoms with van der Waals surface area (Å²) < 4.78 is 7.18. The molecule has 0 aliphatic rings. The lowest BCUT2D eigenvalue weighted by molar-refractivity contribution is 0.0519. The summed E-state index contributed by atoms with van der Waals surface area (Å²) in [5.74, 6) is -0.562. The molecule has 0 atom stereocenters. The van der Waals surface area contributed by atoms with E-state index in [4.69, 9.17) is 4.74 Å². The zero-order chi connectivity index (χ0) is 14.5. The number of carbonyl (C=O) groups excluding carboxylic acids is 1. The maximum absolute atomic E-state index is 11.5. The minimum atomic E-state index is -0.562. The largest absolute Gasteiger partial charge is 0.461 e. The van der Waals surface area contributed by atoms with Crippen molar-refractivity contribution < 1.29 is 9.53 Å². The summed E-state index contributed by atoms with van der Waals surface area (Å²) in [6.07, 6.45) is 2.69. The Hall–Kier alpha value is -2.71. The molecule has 0 saturated carbocycles. The van der Waals surface area contributed by atoms with Gasteiger partial charge in [0, 0.05) is 12.3 Å². The van der Waals surface area contributed by atoms with Crippen molar-refractivity contribution in [3.05, 3.63) is 45.0 Å². The van der Waals surface area contributed by atoms with Crippen LogP contribution in [0.5, 0.6) is 0 Å². The fourth-order valence-corrected chi connectivity index (χ4v) is 1.57. The highest BCUT2D eigenvalue weighted by Gasteiger charge is 2.11. The van der Waals surface area contributed by atoms with Crippen molar-refractivity contribution in [3.63, 3.8) is 0 Å². The quantitative estimate of drug-likeness (QED) is 0.703. The van der Waals surface area contributed by atoms with Crippen molar-refractivity contribution in [1.82, 2.24) is 24.5 Å². The molecule has 0 radical (unpaired) electrons. The highest BCUT2D eigenvalue weighted by atomic mass is 16.5. The van der Waals surface area contributed by atoms with E-state index in [2.05, 4.69) is 15.3 Å². The van der Waals surface area contributed by atoms with Crippen LogP contribution in [0.3, 0.4) is 0 Å². The molecule has 1 N–H and O–H groups in total. The second-order valence-corrected chi connectivity index (χ2v) is 3.86. The first-order valence-electron chi connectivity index (χ1n) is 5.97. The molecule has 0 fully saturated rings. The lowest BCUT2D eigenvalue weighted by atomic mass is 10.5. The zero-order valence-electron chi connectivity index (χ0n) is 10.8. The third kappa shape index (κ3) is 2.99. The smallest absolute Gasteiger partial charge is 0.360 e. The summed E-state index contributed by atoms with van der Waals surface area (Å²) in [4.78, 5) is 36.7. The van der Waals surface area contributed by atoms with E-state index in [1.54, 1.807) is 6.92 Å². The van der Waals surface area contributed by atoms with Crippen LogP contribution in [0.1, 0.15) is 17.4 Å². The van der Waals surface area contributed by atoms with Gasteiger partial charge in [-0.2, -0.15) is 0 Å². The Morgan fingerprint density at radius 1 is 1.40 bits per heavy atom. The highest BCUT2D eigenvalue weighted by Crippen LogP contribution is 1.96. The first-order chi connectivity index (χ1) is 9.61. The van der Waals surface area contributed by atoms with Crippen molar-refractivity contribution in [2.45, 2.75) is 20.0 Å². The molecule has 0 aliphatic heterocycles. The second kappa shape index (κ2) is 5.95. The first kappa shape index (κ1) is 13.7. The SMILES string of the molecule is CCOC(=O)c1cn(CCn2c(=O)cc[nH]c2=O)nn1. The standard InChI is InChI=1S/C11H13N5O4/c1-2-20-10(18)8-7-15(14-13-8)5-6-16-9(17)3-4-12-11(16)19/h3-4,7H,2,5-6H2,1H3,(H,12,19). The number of aromatic nitrogens is 5. The average Bonchev–Trinajstić information content (AvgIpc) is 2.87. The molecule has 0 saturated heterocycles. The molecule has 0 aliphatic carbocycles. The van der Waals surface area contributed by atoms with Crippen molar-refractivity contribution in [3.8, 4) is 0 Å². The van der Waals surface area contributed by atoms with Gasteiger partial charge in [0.1, 0.15) is 0 Å². The number of aromatic amines is 1. The zero-order valence-corrected chi connectivity index (χ0v) is 10.8. The van der Waals surface area contributed by atoms with Gasteiger partial charge in [0.15, 0.2) is 5.69 Å². The van der Waals surface area contributed by atoms with Crippen molar-refractivity contribution in [2.24, 2.45) is 0 Å². The molecule has 2 aromatic heterocycles. The van der Waals surface area contributed by atoms with Gasteiger partial charge in [-0.15, -0.1) is 5.10 Å². The molecule has 2 rings (SSSR count). The fraction of sp³-hybridized carbons (Fsp3) is 0.364. The Bertz CT molecular complexity index is 686. The number of hydrogen-bond donors (Lipinski definition) is 1. The Kier molecular flexibility index (Phi) is 4.08. The number of ether oxygens (including phenoxy) is 1. The van der Waals surface area contributed by atoms with E-state index in [0.29, 0.717) is 0 Å². The Morgan fingerprint density at radius 3 is 2.90 bits per heavy atom. The van der Waals surface area contributed by atoms with Crippen LogP contribution in [0.25, 0.3) is 0 Å². The number of carbonyl (C=O) groups is 1. The molecule has 0 bridgehead atoms. The van der Waals surface area contributed by atoms with Crippen LogP contribution < -0.4 is 11.2 Å². The minimum absolute atomic E-state index is 0.0844. The third-order valence-electron chi connectivity index (χ3n) is 2.52. The van der Waals surface area contributed by atoms with Gasteiger partial charge in [0.25, 0.3) is 5.56 Å². The second-order valence-electron chi connectivity index (χ2n) is 3.86. The minimum Gasteiger partial charge on any atom is -0.461 e. The van der Waals surface area contributed by atoms with Crippen LogP contribution in [0.2, 0.25) is 0 Å². The van der Waals surface area contributed by atoms with Crippen molar-refractivity contribution >= 4 is 5.97 Å². The van der Waals surface area contributed by atoms with Gasteiger partial charge in [-0.05, 0) is 6.92 Å². The number of esters is 1. The molecule has 2 heterocycles.